The minimum Gasteiger partial charge on any atom is -0.426 e. The molecular weight excluding hydrogens is 421 g/mol. The van der Waals surface area contributed by atoms with Crippen molar-refractivity contribution in [2.45, 2.75) is 58.2 Å². The number of benzene rings is 1. The van der Waals surface area contributed by atoms with E-state index in [0.29, 0.717) is 25.2 Å². The van der Waals surface area contributed by atoms with Crippen LogP contribution >= 0.6 is 0 Å². The first-order valence-corrected chi connectivity index (χ1v) is 11.2. The van der Waals surface area contributed by atoms with Crippen molar-refractivity contribution in [1.82, 2.24) is 10.3 Å². The Labute approximate surface area is 195 Å². The molecule has 0 spiro atoms. The quantitative estimate of drug-likeness (QED) is 0.450. The van der Waals surface area contributed by atoms with Crippen LogP contribution in [-0.4, -0.2) is 51.9 Å². The lowest BCUT2D eigenvalue weighted by molar-refractivity contribution is -0.144. The van der Waals surface area contributed by atoms with Gasteiger partial charge in [-0.2, -0.15) is 0 Å². The van der Waals surface area contributed by atoms with Gasteiger partial charge in [0.25, 0.3) is 5.91 Å². The Kier molecular flexibility index (Phi) is 8.60. The van der Waals surface area contributed by atoms with Crippen molar-refractivity contribution in [2.24, 2.45) is 11.1 Å². The topological polar surface area (TPSA) is 113 Å². The highest BCUT2D eigenvalue weighted by Crippen LogP contribution is 2.29. The van der Waals surface area contributed by atoms with Crippen LogP contribution in [0.4, 0.5) is 0 Å². The van der Waals surface area contributed by atoms with E-state index < -0.39 is 24.6 Å². The lowest BCUT2D eigenvalue weighted by atomic mass is 9.74. The molecule has 2 aromatic rings. The van der Waals surface area contributed by atoms with Crippen LogP contribution in [-0.2, 0) is 27.4 Å². The molecule has 1 aliphatic rings. The fraction of sp³-hybridized carbons (Fsp3) is 0.458. The van der Waals surface area contributed by atoms with E-state index in [1.165, 1.54) is 0 Å². The summed E-state index contributed by atoms with van der Waals surface area (Å²) in [6, 6.07) is 15.3. The summed E-state index contributed by atoms with van der Waals surface area (Å²) in [6.45, 7) is 6.36. The molecule has 33 heavy (non-hydrogen) atoms. The Hall–Kier alpha value is -2.75. The first kappa shape index (κ1) is 24.9. The molecule has 1 aromatic carbocycles. The lowest BCUT2D eigenvalue weighted by Crippen LogP contribution is -2.56. The summed E-state index contributed by atoms with van der Waals surface area (Å²) in [5.41, 5.74) is 1.97. The molecule has 9 heteroatoms. The zero-order valence-corrected chi connectivity index (χ0v) is 19.4. The molecule has 2 heterocycles. The predicted octanol–water partition coefficient (Wildman–Crippen LogP) is 2.21. The maximum Gasteiger partial charge on any atom is 0.475 e. The normalized spacial score (nSPS) is 18.5. The number of pyridine rings is 1. The molecular formula is C24H32BN3O5. The molecule has 0 saturated heterocycles. The lowest BCUT2D eigenvalue weighted by Gasteiger charge is -2.29. The van der Waals surface area contributed by atoms with Gasteiger partial charge in [0.1, 0.15) is 0 Å². The average Bonchev–Trinajstić information content (AvgIpc) is 3.17. The summed E-state index contributed by atoms with van der Waals surface area (Å²) in [7, 11) is -1.67. The third-order valence-corrected chi connectivity index (χ3v) is 5.45. The van der Waals surface area contributed by atoms with Crippen LogP contribution in [0.3, 0.4) is 0 Å². The minimum absolute atomic E-state index is 0.169. The summed E-state index contributed by atoms with van der Waals surface area (Å²) in [6.07, 6.45) is 0.956. The predicted molar refractivity (Wildman–Crippen MR) is 126 cm³/mol. The number of carbonyl (C=O) groups excluding carboxylic acids is 1. The summed E-state index contributed by atoms with van der Waals surface area (Å²) in [5.74, 6) is -1.06. The SMILES string of the molecule is Cc1cccc(COCC2=NOC(Cc3ccccc3)(C(=O)N[C@@H](CC(C)C)B(O)O)C2)n1. The number of nitrogens with zero attached hydrogens (tertiary/aromatic N) is 2. The minimum atomic E-state index is -1.67. The first-order valence-electron chi connectivity index (χ1n) is 11.2. The monoisotopic (exact) mass is 453 g/mol. The summed E-state index contributed by atoms with van der Waals surface area (Å²) < 4.78 is 5.77. The van der Waals surface area contributed by atoms with Gasteiger partial charge in [-0.05, 0) is 37.0 Å². The molecule has 1 aliphatic heterocycles. The summed E-state index contributed by atoms with van der Waals surface area (Å²) in [4.78, 5) is 23.5. The van der Waals surface area contributed by atoms with Crippen molar-refractivity contribution in [3.63, 3.8) is 0 Å². The second kappa shape index (κ2) is 11.4. The number of aryl methyl sites for hydroxylation is 1. The van der Waals surface area contributed by atoms with Gasteiger partial charge in [0.05, 0.1) is 30.6 Å². The van der Waals surface area contributed by atoms with Gasteiger partial charge >= 0.3 is 7.12 Å². The zero-order valence-electron chi connectivity index (χ0n) is 19.4. The number of nitrogens with one attached hydrogen (secondary N) is 1. The van der Waals surface area contributed by atoms with Crippen molar-refractivity contribution in [3.05, 3.63) is 65.5 Å². The molecule has 0 bridgehead atoms. The van der Waals surface area contributed by atoms with E-state index in [2.05, 4.69) is 15.5 Å². The molecule has 3 rings (SSSR count). The van der Waals surface area contributed by atoms with Crippen LogP contribution in [0.25, 0.3) is 0 Å². The van der Waals surface area contributed by atoms with Gasteiger partial charge in [-0.15, -0.1) is 0 Å². The van der Waals surface area contributed by atoms with Gasteiger partial charge in [0.2, 0.25) is 5.60 Å². The number of hydrogen-bond acceptors (Lipinski definition) is 7. The van der Waals surface area contributed by atoms with E-state index >= 15 is 0 Å². The Bertz CT molecular complexity index is 954. The first-order chi connectivity index (χ1) is 15.8. The van der Waals surface area contributed by atoms with Crippen molar-refractivity contribution < 1.29 is 24.4 Å². The maximum absolute atomic E-state index is 13.4. The Morgan fingerprint density at radius 1 is 1.18 bits per heavy atom. The number of ether oxygens (including phenoxy) is 1. The molecule has 176 valence electrons. The molecule has 2 atom stereocenters. The van der Waals surface area contributed by atoms with E-state index in [1.54, 1.807) is 0 Å². The van der Waals surface area contributed by atoms with Crippen LogP contribution in [0.2, 0.25) is 0 Å². The van der Waals surface area contributed by atoms with Crippen molar-refractivity contribution >= 4 is 18.7 Å². The fourth-order valence-electron chi connectivity index (χ4n) is 3.86. The van der Waals surface area contributed by atoms with Crippen LogP contribution in [0, 0.1) is 12.8 Å². The molecule has 0 radical (unpaired) electrons. The molecule has 3 N–H and O–H groups in total. The van der Waals surface area contributed by atoms with E-state index in [0.717, 1.165) is 17.0 Å². The van der Waals surface area contributed by atoms with Gasteiger partial charge in [0, 0.05) is 18.5 Å². The fourth-order valence-corrected chi connectivity index (χ4v) is 3.86. The van der Waals surface area contributed by atoms with E-state index in [1.807, 2.05) is 69.3 Å². The number of aromatic nitrogens is 1. The van der Waals surface area contributed by atoms with Crippen molar-refractivity contribution in [2.75, 3.05) is 6.61 Å². The van der Waals surface area contributed by atoms with Crippen LogP contribution in [0.15, 0.2) is 53.7 Å². The number of oxime groups is 1. The maximum atomic E-state index is 13.4. The molecule has 8 nitrogen and oxygen atoms in total. The van der Waals surface area contributed by atoms with Crippen LogP contribution < -0.4 is 5.32 Å². The molecule has 1 amide bonds. The molecule has 0 saturated carbocycles. The third-order valence-electron chi connectivity index (χ3n) is 5.45. The van der Waals surface area contributed by atoms with E-state index in [4.69, 9.17) is 9.57 Å². The van der Waals surface area contributed by atoms with Crippen LogP contribution in [0.5, 0.6) is 0 Å². The smallest absolute Gasteiger partial charge is 0.426 e. The Morgan fingerprint density at radius 2 is 1.94 bits per heavy atom. The summed E-state index contributed by atoms with van der Waals surface area (Å²) in [5, 5.41) is 26.5. The number of hydrogen-bond donors (Lipinski definition) is 3. The Balaban J connectivity index is 1.69. The third kappa shape index (κ3) is 7.12. The highest BCUT2D eigenvalue weighted by molar-refractivity contribution is 6.43. The van der Waals surface area contributed by atoms with Gasteiger partial charge in [-0.3, -0.25) is 9.78 Å². The second-order valence-electron chi connectivity index (χ2n) is 8.97. The number of carbonyl (C=O) groups is 1. The number of amides is 1. The van der Waals surface area contributed by atoms with Gasteiger partial charge in [-0.25, -0.2) is 0 Å². The molecule has 1 unspecified atom stereocenters. The Morgan fingerprint density at radius 3 is 2.61 bits per heavy atom. The van der Waals surface area contributed by atoms with E-state index in [-0.39, 0.29) is 18.9 Å². The standard InChI is InChI=1S/C24H32BN3O5/c1-17(2)12-22(25(30)31)27-23(29)24(13-19-9-5-4-6-10-19)14-21(28-33-24)16-32-15-20-11-7-8-18(3)26-20/h4-11,17,22,30-31H,12-16H2,1-3H3,(H,27,29)/t22-,24?/m0/s1. The molecule has 0 aliphatic carbocycles. The van der Waals surface area contributed by atoms with E-state index in [9.17, 15) is 14.8 Å². The van der Waals surface area contributed by atoms with Gasteiger partial charge < -0.3 is 24.9 Å². The summed E-state index contributed by atoms with van der Waals surface area (Å²) >= 11 is 0. The highest BCUT2D eigenvalue weighted by atomic mass is 16.7. The largest absolute Gasteiger partial charge is 0.475 e. The second-order valence-corrected chi connectivity index (χ2v) is 8.97. The van der Waals surface area contributed by atoms with Gasteiger partial charge in [0.15, 0.2) is 0 Å². The average molecular weight is 453 g/mol. The molecule has 1 aromatic heterocycles. The van der Waals surface area contributed by atoms with Gasteiger partial charge in [-0.1, -0.05) is 55.4 Å². The zero-order chi connectivity index (χ0) is 23.8. The highest BCUT2D eigenvalue weighted by Gasteiger charge is 2.48. The van der Waals surface area contributed by atoms with Crippen LogP contribution in [0.1, 0.15) is 43.6 Å². The van der Waals surface area contributed by atoms with Crippen molar-refractivity contribution in [1.29, 1.82) is 0 Å². The number of rotatable bonds is 11. The van der Waals surface area contributed by atoms with Crippen molar-refractivity contribution in [3.8, 4) is 0 Å². The molecule has 0 fully saturated rings.